The molecule has 0 radical (unpaired) electrons. The molecule has 2 heteroatoms. The minimum Gasteiger partial charge on any atom is -0.214 e. The van der Waals surface area contributed by atoms with Crippen LogP contribution in [0.4, 0.5) is 0 Å². The van der Waals surface area contributed by atoms with Gasteiger partial charge in [0.25, 0.3) is 0 Å². The molecule has 0 unspecified atom stereocenters. The van der Waals surface area contributed by atoms with Gasteiger partial charge in [-0.3, -0.25) is 0 Å². The second-order valence-corrected chi connectivity index (χ2v) is 15.8. The summed E-state index contributed by atoms with van der Waals surface area (Å²) in [5.74, 6) is 6.64. The van der Waals surface area contributed by atoms with E-state index in [1.54, 1.807) is 77.0 Å². The molecular weight excluding hydrogens is 447 g/mol. The third-order valence-electron chi connectivity index (χ3n) is 10.4. The maximum Gasteiger partial charge on any atom is 2.00 e. The quantitative estimate of drug-likeness (QED) is 0.235. The van der Waals surface area contributed by atoms with E-state index in [9.17, 15) is 0 Å². The van der Waals surface area contributed by atoms with Crippen LogP contribution in [0, 0.1) is 35.5 Å². The first-order chi connectivity index (χ1) is 15.2. The van der Waals surface area contributed by atoms with E-state index in [-0.39, 0.29) is 25.0 Å². The summed E-state index contributed by atoms with van der Waals surface area (Å²) < 4.78 is 0. The van der Waals surface area contributed by atoms with Crippen LogP contribution in [0.1, 0.15) is 77.0 Å². The van der Waals surface area contributed by atoms with Gasteiger partial charge in [0.1, 0.15) is 0 Å². The van der Waals surface area contributed by atoms with Crippen LogP contribution in [-0.4, -0.2) is 10.3 Å². The first kappa shape index (κ1) is 22.1. The molecule has 10 rings (SSSR count). The minimum absolute atomic E-state index is 0. The third kappa shape index (κ3) is 3.65. The molecular formula is C30H39FeP. The molecule has 8 fully saturated rings. The molecule has 0 amide bonds. The van der Waals surface area contributed by atoms with Crippen LogP contribution in [-0.2, 0) is 17.1 Å². The van der Waals surface area contributed by atoms with Gasteiger partial charge in [0, 0.05) is 0 Å². The van der Waals surface area contributed by atoms with Gasteiger partial charge in [-0.1, -0.05) is 0 Å². The van der Waals surface area contributed by atoms with Gasteiger partial charge in [-0.25, -0.2) is 24.3 Å². The zero-order chi connectivity index (χ0) is 20.5. The topological polar surface area (TPSA) is 0 Å². The molecule has 32 heavy (non-hydrogen) atoms. The fourth-order valence-electron chi connectivity index (χ4n) is 10.6. The van der Waals surface area contributed by atoms with Gasteiger partial charge in [-0.15, -0.1) is 13.2 Å². The molecule has 2 aromatic rings. The van der Waals surface area contributed by atoms with E-state index in [1.165, 1.54) is 0 Å². The van der Waals surface area contributed by atoms with Gasteiger partial charge in [0.05, 0.1) is 0 Å². The molecule has 0 heterocycles. The summed E-state index contributed by atoms with van der Waals surface area (Å²) in [6, 6.07) is 19.9. The predicted molar refractivity (Wildman–Crippen MR) is 132 cm³/mol. The van der Waals surface area contributed by atoms with Crippen molar-refractivity contribution in [3.05, 3.63) is 54.6 Å². The van der Waals surface area contributed by atoms with Crippen molar-refractivity contribution < 1.29 is 17.1 Å². The fraction of sp³-hybridized carbons (Fsp3) is 0.667. The Morgan fingerprint density at radius 1 is 0.562 bits per heavy atom. The number of hydrogen-bond acceptors (Lipinski definition) is 0. The first-order valence-electron chi connectivity index (χ1n) is 13.4. The largest absolute Gasteiger partial charge is 2.00 e. The Kier molecular flexibility index (Phi) is 5.81. The molecule has 0 spiro atoms. The van der Waals surface area contributed by atoms with Crippen molar-refractivity contribution in [3.63, 3.8) is 0 Å². The molecule has 8 bridgehead atoms. The minimum atomic E-state index is 0. The van der Waals surface area contributed by atoms with Crippen molar-refractivity contribution in [1.29, 1.82) is 0 Å². The summed E-state index contributed by atoms with van der Waals surface area (Å²) in [6.07, 6.45) is 19.3. The van der Waals surface area contributed by atoms with E-state index < -0.39 is 0 Å². The van der Waals surface area contributed by atoms with E-state index in [0.29, 0.717) is 0 Å². The summed E-state index contributed by atoms with van der Waals surface area (Å²) in [4.78, 5) is 0. The van der Waals surface area contributed by atoms with Crippen molar-refractivity contribution in [2.75, 3.05) is 0 Å². The monoisotopic (exact) mass is 486 g/mol. The Morgan fingerprint density at radius 2 is 0.906 bits per heavy atom. The molecule has 0 aliphatic heterocycles. The van der Waals surface area contributed by atoms with E-state index in [2.05, 4.69) is 24.3 Å². The predicted octanol–water partition coefficient (Wildman–Crippen LogP) is 7.85. The Hall–Kier alpha value is -0.351. The molecule has 8 saturated carbocycles. The van der Waals surface area contributed by atoms with Gasteiger partial charge < -0.3 is 0 Å². The van der Waals surface area contributed by atoms with Crippen molar-refractivity contribution in [1.82, 2.24) is 0 Å². The van der Waals surface area contributed by atoms with Crippen molar-refractivity contribution >= 4 is 13.2 Å². The second-order valence-electron chi connectivity index (χ2n) is 12.7. The maximum atomic E-state index is 2.57. The first-order valence-corrected chi connectivity index (χ1v) is 14.7. The van der Waals surface area contributed by atoms with Crippen LogP contribution in [0.3, 0.4) is 0 Å². The molecule has 2 aromatic carbocycles. The van der Waals surface area contributed by atoms with Gasteiger partial charge in [-0.2, -0.15) is 30.3 Å². The van der Waals surface area contributed by atoms with Crippen LogP contribution in [0.2, 0.25) is 0 Å². The van der Waals surface area contributed by atoms with E-state index in [1.807, 2.05) is 35.6 Å². The Labute approximate surface area is 207 Å². The normalized spacial score (nSPS) is 45.8. The molecule has 0 nitrogen and oxygen atoms in total. The average molecular weight is 486 g/mol. The second kappa shape index (κ2) is 8.40. The summed E-state index contributed by atoms with van der Waals surface area (Å²) in [7, 11) is 0.0331. The van der Waals surface area contributed by atoms with Gasteiger partial charge in [-0.05, 0) is 123 Å². The molecule has 172 valence electrons. The Morgan fingerprint density at radius 3 is 1.19 bits per heavy atom. The smallest absolute Gasteiger partial charge is 0.214 e. The summed E-state index contributed by atoms with van der Waals surface area (Å²) in [5, 5.41) is 3.35. The van der Waals surface area contributed by atoms with Crippen LogP contribution in [0.5, 0.6) is 0 Å². The average Bonchev–Trinajstić information content (AvgIpc) is 3.43. The number of rotatable bonds is 3. The SMILES string of the molecule is [Fe+2].c1cc[c-](P(C23CC4CC(CC(C4)C2)C3)C23CC4CC(CC(C4)C2)C3)c1.c1cc[cH-]c1. The van der Waals surface area contributed by atoms with Gasteiger partial charge >= 0.3 is 17.1 Å². The van der Waals surface area contributed by atoms with Crippen LogP contribution in [0.15, 0.2) is 54.6 Å². The molecule has 8 aliphatic carbocycles. The van der Waals surface area contributed by atoms with Crippen molar-refractivity contribution in [2.45, 2.75) is 87.4 Å². The van der Waals surface area contributed by atoms with E-state index >= 15 is 0 Å². The van der Waals surface area contributed by atoms with E-state index in [4.69, 9.17) is 0 Å². The molecule has 0 N–H and O–H groups in total. The molecule has 0 aromatic heterocycles. The fourth-order valence-corrected chi connectivity index (χ4v) is 15.8. The van der Waals surface area contributed by atoms with Crippen LogP contribution < -0.4 is 5.30 Å². The zero-order valence-electron chi connectivity index (χ0n) is 19.4. The Bertz CT molecular complexity index is 746. The van der Waals surface area contributed by atoms with Crippen molar-refractivity contribution in [2.24, 2.45) is 35.5 Å². The summed E-state index contributed by atoms with van der Waals surface area (Å²) >= 11 is 0. The molecule has 0 saturated heterocycles. The zero-order valence-corrected chi connectivity index (χ0v) is 21.4. The number of hydrogen-bond donors (Lipinski definition) is 0. The maximum absolute atomic E-state index is 2.57. The van der Waals surface area contributed by atoms with E-state index in [0.717, 1.165) is 45.8 Å². The Balaban J connectivity index is 0.000000292. The van der Waals surface area contributed by atoms with Gasteiger partial charge in [0.2, 0.25) is 0 Å². The summed E-state index contributed by atoms with van der Waals surface area (Å²) in [5.41, 5.74) is 0. The summed E-state index contributed by atoms with van der Waals surface area (Å²) in [6.45, 7) is 0. The molecule has 0 atom stereocenters. The molecule has 8 aliphatic rings. The van der Waals surface area contributed by atoms with Crippen molar-refractivity contribution in [3.8, 4) is 0 Å². The van der Waals surface area contributed by atoms with Crippen LogP contribution in [0.25, 0.3) is 0 Å². The third-order valence-corrected chi connectivity index (χ3v) is 14.2. The standard InChI is InChI=1S/C25H34P.C5H5.Fe/c1-2-4-23(3-1)26(24-11-17-5-18(12-24)7-19(6-17)13-24)25-14-20-8-21(15-25)10-22(9-20)16-25;1-2-4-5-3-1;/h1-4,17-22H,5-16H2;1-5H;/q2*-1;+2. The van der Waals surface area contributed by atoms with Crippen LogP contribution >= 0.6 is 7.92 Å². The van der Waals surface area contributed by atoms with Gasteiger partial charge in [0.15, 0.2) is 0 Å².